The summed E-state index contributed by atoms with van der Waals surface area (Å²) < 4.78 is 28.8. The van der Waals surface area contributed by atoms with E-state index in [9.17, 15) is 18.0 Å². The van der Waals surface area contributed by atoms with Crippen LogP contribution < -0.4 is 0 Å². The van der Waals surface area contributed by atoms with E-state index in [-0.39, 0.29) is 23.1 Å². The number of rotatable bonds is 5. The fourth-order valence-corrected chi connectivity index (χ4v) is 5.22. The summed E-state index contributed by atoms with van der Waals surface area (Å²) in [5.41, 5.74) is 3.12. The molecule has 29 heavy (non-hydrogen) atoms. The highest BCUT2D eigenvalue weighted by molar-refractivity contribution is 7.91. The van der Waals surface area contributed by atoms with Gasteiger partial charge in [0.1, 0.15) is 0 Å². The van der Waals surface area contributed by atoms with Gasteiger partial charge in [0.05, 0.1) is 39.5 Å². The molecule has 2 heterocycles. The summed E-state index contributed by atoms with van der Waals surface area (Å²) in [6, 6.07) is 4.50. The van der Waals surface area contributed by atoms with Crippen molar-refractivity contribution in [2.45, 2.75) is 46.3 Å². The molecule has 1 aliphatic rings. The molecule has 1 aromatic heterocycles. The summed E-state index contributed by atoms with van der Waals surface area (Å²) in [4.78, 5) is 35.7. The molecule has 3 rings (SSSR count). The van der Waals surface area contributed by atoms with Gasteiger partial charge in [0.2, 0.25) is 0 Å². The summed E-state index contributed by atoms with van der Waals surface area (Å²) in [7, 11) is -3.12. The van der Waals surface area contributed by atoms with Crippen LogP contribution in [0.25, 0.3) is 11.0 Å². The predicted molar refractivity (Wildman–Crippen MR) is 108 cm³/mol. The maximum absolute atomic E-state index is 12.8. The number of hydrogen-bond donors (Lipinski definition) is 0. The number of hydrogen-bond acceptors (Lipinski definition) is 7. The predicted octanol–water partition coefficient (Wildman–Crippen LogP) is 1.83. The first kappa shape index (κ1) is 21.2. The second-order valence-electron chi connectivity index (χ2n) is 7.33. The van der Waals surface area contributed by atoms with Gasteiger partial charge in [0.15, 0.2) is 15.9 Å². The Kier molecular flexibility index (Phi) is 5.88. The van der Waals surface area contributed by atoms with Crippen LogP contribution in [0.1, 0.15) is 42.0 Å². The number of nitrogens with zero attached hydrogens (tertiary/aromatic N) is 3. The van der Waals surface area contributed by atoms with E-state index in [1.807, 2.05) is 13.8 Å². The molecule has 2 aromatic rings. The molecular weight excluding hydrogens is 394 g/mol. The third-order valence-electron chi connectivity index (χ3n) is 5.22. The topological polar surface area (TPSA) is 107 Å². The second-order valence-corrected chi connectivity index (χ2v) is 9.56. The van der Waals surface area contributed by atoms with E-state index in [2.05, 4.69) is 9.97 Å². The fourth-order valence-electron chi connectivity index (χ4n) is 3.49. The Morgan fingerprint density at radius 1 is 1.21 bits per heavy atom. The minimum atomic E-state index is -3.12. The van der Waals surface area contributed by atoms with E-state index in [4.69, 9.17) is 4.74 Å². The standard InChI is InChI=1S/C20H25N3O5S/c1-5-23(16-8-9-29(26,27)11-16)19(24)14(4)28-20(25)15-6-7-17-18(10-15)22-13(3)12(2)21-17/h6-7,10,14,16H,5,8-9,11H2,1-4H3/t14-,16-/m1/s1. The third kappa shape index (κ3) is 4.55. The number of aromatic nitrogens is 2. The van der Waals surface area contributed by atoms with Gasteiger partial charge in [0.25, 0.3) is 5.91 Å². The van der Waals surface area contributed by atoms with E-state index in [0.29, 0.717) is 24.0 Å². The van der Waals surface area contributed by atoms with Crippen molar-refractivity contribution < 1.29 is 22.7 Å². The summed E-state index contributed by atoms with van der Waals surface area (Å²) in [6.45, 7) is 7.35. The zero-order valence-corrected chi connectivity index (χ0v) is 17.8. The number of sulfone groups is 1. The van der Waals surface area contributed by atoms with Crippen molar-refractivity contribution in [3.05, 3.63) is 35.2 Å². The second kappa shape index (κ2) is 8.06. The van der Waals surface area contributed by atoms with Crippen LogP contribution in [0.4, 0.5) is 0 Å². The molecule has 1 saturated heterocycles. The summed E-state index contributed by atoms with van der Waals surface area (Å²) in [5, 5.41) is 0. The average molecular weight is 420 g/mol. The van der Waals surface area contributed by atoms with E-state index < -0.39 is 27.8 Å². The Labute approximate surface area is 170 Å². The number of carbonyl (C=O) groups is 2. The molecule has 0 bridgehead atoms. The summed E-state index contributed by atoms with van der Waals surface area (Å²) >= 11 is 0. The molecule has 0 saturated carbocycles. The molecule has 1 aliphatic heterocycles. The lowest BCUT2D eigenvalue weighted by atomic mass is 10.1. The molecule has 0 unspecified atom stereocenters. The number of amides is 1. The normalized spacial score (nSPS) is 19.1. The molecule has 9 heteroatoms. The molecule has 0 aliphatic carbocycles. The van der Waals surface area contributed by atoms with Crippen LogP contribution in [0.3, 0.4) is 0 Å². The van der Waals surface area contributed by atoms with Gasteiger partial charge >= 0.3 is 5.97 Å². The number of carbonyl (C=O) groups excluding carboxylic acids is 2. The van der Waals surface area contributed by atoms with Crippen molar-refractivity contribution in [1.29, 1.82) is 0 Å². The van der Waals surface area contributed by atoms with Gasteiger partial charge in [-0.15, -0.1) is 0 Å². The van der Waals surface area contributed by atoms with Crippen LogP contribution in [0.2, 0.25) is 0 Å². The molecule has 0 N–H and O–H groups in total. The average Bonchev–Trinajstić information content (AvgIpc) is 3.02. The van der Waals surface area contributed by atoms with Crippen LogP contribution in [-0.2, 0) is 19.4 Å². The summed E-state index contributed by atoms with van der Waals surface area (Å²) in [6.07, 6.45) is -0.614. The first-order valence-corrected chi connectivity index (χ1v) is 11.4. The molecule has 1 amide bonds. The number of aryl methyl sites for hydroxylation is 2. The zero-order valence-electron chi connectivity index (χ0n) is 17.0. The smallest absolute Gasteiger partial charge is 0.338 e. The van der Waals surface area contributed by atoms with E-state index >= 15 is 0 Å². The fraction of sp³-hybridized carbons (Fsp3) is 0.500. The molecular formula is C20H25N3O5S. The highest BCUT2D eigenvalue weighted by Crippen LogP contribution is 2.20. The quantitative estimate of drug-likeness (QED) is 0.681. The van der Waals surface area contributed by atoms with Gasteiger partial charge in [0, 0.05) is 12.6 Å². The third-order valence-corrected chi connectivity index (χ3v) is 6.97. The van der Waals surface area contributed by atoms with Gasteiger partial charge in [-0.3, -0.25) is 4.79 Å². The molecule has 8 nitrogen and oxygen atoms in total. The largest absolute Gasteiger partial charge is 0.449 e. The van der Waals surface area contributed by atoms with Gasteiger partial charge in [-0.25, -0.2) is 23.2 Å². The Balaban J connectivity index is 1.73. The maximum atomic E-state index is 12.8. The number of ether oxygens (including phenoxy) is 1. The molecule has 156 valence electrons. The zero-order chi connectivity index (χ0) is 21.3. The van der Waals surface area contributed by atoms with E-state index in [0.717, 1.165) is 11.4 Å². The molecule has 0 spiro atoms. The Morgan fingerprint density at radius 2 is 1.86 bits per heavy atom. The maximum Gasteiger partial charge on any atom is 0.338 e. The Bertz CT molecular complexity index is 1070. The van der Waals surface area contributed by atoms with Crippen molar-refractivity contribution in [1.82, 2.24) is 14.9 Å². The van der Waals surface area contributed by atoms with Crippen LogP contribution in [0.15, 0.2) is 18.2 Å². The lowest BCUT2D eigenvalue weighted by molar-refractivity contribution is -0.141. The Morgan fingerprint density at radius 3 is 2.45 bits per heavy atom. The number of fused-ring (bicyclic) bond motifs is 1. The van der Waals surface area contributed by atoms with Crippen molar-refractivity contribution in [3.8, 4) is 0 Å². The highest BCUT2D eigenvalue weighted by atomic mass is 32.2. The molecule has 1 aromatic carbocycles. The van der Waals surface area contributed by atoms with Crippen LogP contribution in [0, 0.1) is 13.8 Å². The number of esters is 1. The van der Waals surface area contributed by atoms with Crippen molar-refractivity contribution in [2.75, 3.05) is 18.1 Å². The van der Waals surface area contributed by atoms with Crippen LogP contribution >= 0.6 is 0 Å². The molecule has 2 atom stereocenters. The minimum absolute atomic E-state index is 0.0463. The molecule has 1 fully saturated rings. The van der Waals surface area contributed by atoms with Crippen molar-refractivity contribution in [2.24, 2.45) is 0 Å². The lowest BCUT2D eigenvalue weighted by Crippen LogP contribution is -2.46. The monoisotopic (exact) mass is 419 g/mol. The highest BCUT2D eigenvalue weighted by Gasteiger charge is 2.36. The van der Waals surface area contributed by atoms with Crippen molar-refractivity contribution >= 4 is 32.7 Å². The van der Waals surface area contributed by atoms with Crippen LogP contribution in [0.5, 0.6) is 0 Å². The SMILES string of the molecule is CCN(C(=O)[C@@H](C)OC(=O)c1ccc2nc(C)c(C)nc2c1)[C@@H]1CCS(=O)(=O)C1. The number of likely N-dealkylation sites (N-methyl/N-ethyl adjacent to an activating group) is 1. The van der Waals surface area contributed by atoms with Gasteiger partial charge < -0.3 is 9.64 Å². The first-order chi connectivity index (χ1) is 13.6. The van der Waals surface area contributed by atoms with Crippen LogP contribution in [-0.4, -0.2) is 65.4 Å². The minimum Gasteiger partial charge on any atom is -0.449 e. The van der Waals surface area contributed by atoms with Gasteiger partial charge in [-0.2, -0.15) is 0 Å². The lowest BCUT2D eigenvalue weighted by Gasteiger charge is -2.29. The first-order valence-electron chi connectivity index (χ1n) is 9.58. The summed E-state index contributed by atoms with van der Waals surface area (Å²) in [5.74, 6) is -1.000. The number of benzene rings is 1. The Hall–Kier alpha value is -2.55. The van der Waals surface area contributed by atoms with E-state index in [1.165, 1.54) is 11.8 Å². The van der Waals surface area contributed by atoms with E-state index in [1.54, 1.807) is 25.1 Å². The van der Waals surface area contributed by atoms with Gasteiger partial charge in [-0.1, -0.05) is 0 Å². The molecule has 0 radical (unpaired) electrons. The van der Waals surface area contributed by atoms with Crippen molar-refractivity contribution in [3.63, 3.8) is 0 Å². The van der Waals surface area contributed by atoms with Gasteiger partial charge in [-0.05, 0) is 52.3 Å².